The van der Waals surface area contributed by atoms with Crippen molar-refractivity contribution in [2.75, 3.05) is 13.1 Å². The van der Waals surface area contributed by atoms with Crippen LogP contribution in [0.15, 0.2) is 72.8 Å². The first-order valence-corrected chi connectivity index (χ1v) is 10.3. The van der Waals surface area contributed by atoms with Gasteiger partial charge >= 0.3 is 6.03 Å². The fraction of sp³-hybridized carbons (Fsp3) is 0.240. The van der Waals surface area contributed by atoms with Crippen LogP contribution in [0.4, 0.5) is 4.79 Å². The minimum absolute atomic E-state index is 0.120. The SMILES string of the molecule is C[C@H](CNC(=O)CN1C(=O)N[C@@](C)(c2cccc3ccccc23)C1=O)c1ccccc1. The molecule has 6 heteroatoms. The van der Waals surface area contributed by atoms with Crippen molar-refractivity contribution in [3.8, 4) is 0 Å². The molecule has 31 heavy (non-hydrogen) atoms. The van der Waals surface area contributed by atoms with E-state index in [0.29, 0.717) is 12.1 Å². The van der Waals surface area contributed by atoms with Crippen molar-refractivity contribution in [1.82, 2.24) is 15.5 Å². The van der Waals surface area contributed by atoms with E-state index in [1.807, 2.05) is 79.7 Å². The van der Waals surface area contributed by atoms with Gasteiger partial charge in [0.15, 0.2) is 0 Å². The number of nitrogens with one attached hydrogen (secondary N) is 2. The summed E-state index contributed by atoms with van der Waals surface area (Å²) >= 11 is 0. The molecule has 0 aliphatic carbocycles. The molecule has 0 spiro atoms. The highest BCUT2D eigenvalue weighted by molar-refractivity contribution is 6.10. The molecular weight excluding hydrogens is 390 g/mol. The molecule has 0 radical (unpaired) electrons. The Morgan fingerprint density at radius 2 is 1.68 bits per heavy atom. The average Bonchev–Trinajstić information content (AvgIpc) is 3.01. The summed E-state index contributed by atoms with van der Waals surface area (Å²) in [6.07, 6.45) is 0. The zero-order chi connectivity index (χ0) is 22.0. The lowest BCUT2D eigenvalue weighted by Crippen LogP contribution is -2.43. The summed E-state index contributed by atoms with van der Waals surface area (Å²) < 4.78 is 0. The van der Waals surface area contributed by atoms with Crippen molar-refractivity contribution in [3.05, 3.63) is 83.9 Å². The quantitative estimate of drug-likeness (QED) is 0.605. The second kappa shape index (κ2) is 8.22. The lowest BCUT2D eigenvalue weighted by Gasteiger charge is -2.24. The van der Waals surface area contributed by atoms with Crippen LogP contribution in [-0.4, -0.2) is 35.8 Å². The number of urea groups is 1. The van der Waals surface area contributed by atoms with Crippen LogP contribution in [0, 0.1) is 0 Å². The first kappa shape index (κ1) is 20.6. The van der Waals surface area contributed by atoms with Gasteiger partial charge in [-0.05, 0) is 34.7 Å². The molecule has 0 unspecified atom stereocenters. The van der Waals surface area contributed by atoms with Crippen LogP contribution in [0.5, 0.6) is 0 Å². The van der Waals surface area contributed by atoms with Gasteiger partial charge in [0.1, 0.15) is 12.1 Å². The molecule has 6 nitrogen and oxygen atoms in total. The van der Waals surface area contributed by atoms with E-state index in [2.05, 4.69) is 10.6 Å². The summed E-state index contributed by atoms with van der Waals surface area (Å²) in [7, 11) is 0. The third-order valence-corrected chi connectivity index (χ3v) is 5.88. The van der Waals surface area contributed by atoms with Crippen molar-refractivity contribution in [1.29, 1.82) is 0 Å². The number of amides is 4. The van der Waals surface area contributed by atoms with Crippen molar-refractivity contribution in [3.63, 3.8) is 0 Å². The van der Waals surface area contributed by atoms with E-state index in [1.54, 1.807) is 6.92 Å². The van der Waals surface area contributed by atoms with Gasteiger partial charge in [-0.3, -0.25) is 14.5 Å². The maximum Gasteiger partial charge on any atom is 0.325 e. The third-order valence-electron chi connectivity index (χ3n) is 5.88. The summed E-state index contributed by atoms with van der Waals surface area (Å²) in [4.78, 5) is 39.3. The molecule has 1 fully saturated rings. The lowest BCUT2D eigenvalue weighted by atomic mass is 9.88. The first-order valence-electron chi connectivity index (χ1n) is 10.3. The normalized spacial score (nSPS) is 19.4. The van der Waals surface area contributed by atoms with Crippen LogP contribution >= 0.6 is 0 Å². The number of benzene rings is 3. The predicted octanol–water partition coefficient (Wildman–Crippen LogP) is 3.53. The van der Waals surface area contributed by atoms with Crippen LogP contribution in [0.2, 0.25) is 0 Å². The van der Waals surface area contributed by atoms with Crippen molar-refractivity contribution in [2.45, 2.75) is 25.3 Å². The van der Waals surface area contributed by atoms with Gasteiger partial charge in [-0.2, -0.15) is 0 Å². The fourth-order valence-corrected chi connectivity index (χ4v) is 4.05. The Hall–Kier alpha value is -3.67. The van der Waals surface area contributed by atoms with Gasteiger partial charge in [0.25, 0.3) is 5.91 Å². The van der Waals surface area contributed by atoms with Gasteiger partial charge in [0.2, 0.25) is 5.91 Å². The van der Waals surface area contributed by atoms with E-state index < -0.39 is 17.5 Å². The summed E-state index contributed by atoms with van der Waals surface area (Å²) in [6.45, 7) is 3.81. The van der Waals surface area contributed by atoms with Gasteiger partial charge in [0, 0.05) is 6.54 Å². The topological polar surface area (TPSA) is 78.5 Å². The minimum Gasteiger partial charge on any atom is -0.354 e. The van der Waals surface area contributed by atoms with Crippen LogP contribution in [-0.2, 0) is 15.1 Å². The van der Waals surface area contributed by atoms with Crippen LogP contribution in [0.25, 0.3) is 10.8 Å². The van der Waals surface area contributed by atoms with Gasteiger partial charge < -0.3 is 10.6 Å². The Morgan fingerprint density at radius 3 is 2.45 bits per heavy atom. The molecule has 0 bridgehead atoms. The summed E-state index contributed by atoms with van der Waals surface area (Å²) in [6, 6.07) is 22.7. The second-order valence-electron chi connectivity index (χ2n) is 8.09. The standard InChI is InChI=1S/C25H25N3O3/c1-17(18-9-4-3-5-10-18)15-26-22(29)16-28-23(30)25(2,27-24(28)31)21-14-8-12-19-11-6-7-13-20(19)21/h3-14,17H,15-16H2,1-2H3,(H,26,29)(H,27,31)/t17-,25+/m1/s1. The lowest BCUT2D eigenvalue weighted by molar-refractivity contribution is -0.134. The van der Waals surface area contributed by atoms with Gasteiger partial charge in [-0.1, -0.05) is 79.7 Å². The minimum atomic E-state index is -1.23. The maximum absolute atomic E-state index is 13.2. The van der Waals surface area contributed by atoms with Gasteiger partial charge in [-0.15, -0.1) is 0 Å². The van der Waals surface area contributed by atoms with Crippen molar-refractivity contribution >= 4 is 28.6 Å². The average molecular weight is 415 g/mol. The Morgan fingerprint density at radius 1 is 1.00 bits per heavy atom. The molecular formula is C25H25N3O3. The van der Waals surface area contributed by atoms with E-state index in [9.17, 15) is 14.4 Å². The van der Waals surface area contributed by atoms with Crippen LogP contribution in [0.1, 0.15) is 30.9 Å². The molecule has 2 N–H and O–H groups in total. The number of hydrogen-bond acceptors (Lipinski definition) is 3. The smallest absolute Gasteiger partial charge is 0.325 e. The summed E-state index contributed by atoms with van der Waals surface area (Å²) in [5.74, 6) is -0.678. The number of nitrogens with zero attached hydrogens (tertiary/aromatic N) is 1. The second-order valence-corrected chi connectivity index (χ2v) is 8.09. The van der Waals surface area contributed by atoms with E-state index in [1.165, 1.54) is 0 Å². The number of rotatable bonds is 6. The first-order chi connectivity index (χ1) is 14.9. The fourth-order valence-electron chi connectivity index (χ4n) is 4.05. The van der Waals surface area contributed by atoms with Gasteiger partial charge in [0.05, 0.1) is 0 Å². The number of imide groups is 1. The molecule has 158 valence electrons. The van der Waals surface area contributed by atoms with Crippen LogP contribution < -0.4 is 10.6 Å². The highest BCUT2D eigenvalue weighted by Crippen LogP contribution is 2.33. The number of carbonyl (C=O) groups is 3. The molecule has 4 amide bonds. The number of fused-ring (bicyclic) bond motifs is 1. The Kier molecular flexibility index (Phi) is 5.46. The molecule has 2 atom stereocenters. The molecule has 0 saturated carbocycles. The number of carbonyl (C=O) groups excluding carboxylic acids is 3. The highest BCUT2D eigenvalue weighted by Gasteiger charge is 2.50. The summed E-state index contributed by atoms with van der Waals surface area (Å²) in [5.41, 5.74) is 0.598. The molecule has 1 aliphatic rings. The predicted molar refractivity (Wildman–Crippen MR) is 119 cm³/mol. The highest BCUT2D eigenvalue weighted by atomic mass is 16.2. The van der Waals surface area contributed by atoms with Crippen molar-refractivity contribution < 1.29 is 14.4 Å². The zero-order valence-electron chi connectivity index (χ0n) is 17.6. The van der Waals surface area contributed by atoms with Gasteiger partial charge in [-0.25, -0.2) is 4.79 Å². The monoisotopic (exact) mass is 415 g/mol. The van der Waals surface area contributed by atoms with E-state index in [0.717, 1.165) is 21.2 Å². The maximum atomic E-state index is 13.2. The Labute approximate surface area is 181 Å². The van der Waals surface area contributed by atoms with Crippen molar-refractivity contribution in [2.24, 2.45) is 0 Å². The Balaban J connectivity index is 1.47. The zero-order valence-corrected chi connectivity index (χ0v) is 17.6. The van der Waals surface area contributed by atoms with Crippen LogP contribution in [0.3, 0.4) is 0 Å². The third kappa shape index (κ3) is 3.89. The molecule has 1 heterocycles. The molecule has 3 aromatic rings. The molecule has 3 aromatic carbocycles. The Bertz CT molecular complexity index is 1140. The number of hydrogen-bond donors (Lipinski definition) is 2. The molecule has 0 aromatic heterocycles. The van der Waals surface area contributed by atoms with E-state index in [4.69, 9.17) is 0 Å². The molecule has 1 aliphatic heterocycles. The van der Waals surface area contributed by atoms with E-state index >= 15 is 0 Å². The van der Waals surface area contributed by atoms with E-state index in [-0.39, 0.29) is 18.4 Å². The molecule has 4 rings (SSSR count). The largest absolute Gasteiger partial charge is 0.354 e. The summed E-state index contributed by atoms with van der Waals surface area (Å²) in [5, 5.41) is 7.50. The molecule has 1 saturated heterocycles.